The molecular weight excluding hydrogens is 290 g/mol. The van der Waals surface area contributed by atoms with Crippen LogP contribution in [-0.4, -0.2) is 19.1 Å². The summed E-state index contributed by atoms with van der Waals surface area (Å²) in [5.41, 5.74) is 7.71. The predicted molar refractivity (Wildman–Crippen MR) is 77.4 cm³/mol. The number of hydrogen-bond acceptors (Lipinski definition) is 3. The Morgan fingerprint density at radius 3 is 2.94 bits per heavy atom. The van der Waals surface area contributed by atoms with Crippen LogP contribution in [0.15, 0.2) is 22.7 Å². The van der Waals surface area contributed by atoms with E-state index in [1.165, 1.54) is 6.42 Å². The summed E-state index contributed by atoms with van der Waals surface area (Å²) in [7, 11) is 0. The van der Waals surface area contributed by atoms with Crippen molar-refractivity contribution in [1.29, 1.82) is 5.26 Å². The fourth-order valence-corrected chi connectivity index (χ4v) is 3.04. The molecule has 1 aromatic carbocycles. The maximum absolute atomic E-state index is 8.94. The smallest absolute Gasteiger partial charge is 0.100 e. The SMILES string of the molecule is CC1CCN(c2ccc(C#N)c(Br)c2)C(CN)C1. The minimum absolute atomic E-state index is 0.411. The monoisotopic (exact) mass is 307 g/mol. The number of nitrogens with zero attached hydrogens (tertiary/aromatic N) is 2. The highest BCUT2D eigenvalue weighted by Crippen LogP contribution is 2.30. The van der Waals surface area contributed by atoms with Gasteiger partial charge in [0.1, 0.15) is 6.07 Å². The molecule has 0 aliphatic carbocycles. The fourth-order valence-electron chi connectivity index (χ4n) is 2.59. The van der Waals surface area contributed by atoms with E-state index in [1.807, 2.05) is 18.2 Å². The van der Waals surface area contributed by atoms with Crippen molar-refractivity contribution in [2.75, 3.05) is 18.0 Å². The van der Waals surface area contributed by atoms with Gasteiger partial charge in [0, 0.05) is 29.3 Å². The Hall–Kier alpha value is -1.05. The van der Waals surface area contributed by atoms with Crippen molar-refractivity contribution in [1.82, 2.24) is 0 Å². The molecule has 2 unspecified atom stereocenters. The molecular formula is C14H18BrN3. The van der Waals surface area contributed by atoms with Crippen molar-refractivity contribution in [2.45, 2.75) is 25.8 Å². The first-order valence-electron chi connectivity index (χ1n) is 6.32. The van der Waals surface area contributed by atoms with Crippen LogP contribution in [0.5, 0.6) is 0 Å². The van der Waals surface area contributed by atoms with E-state index < -0.39 is 0 Å². The first-order valence-corrected chi connectivity index (χ1v) is 7.11. The minimum atomic E-state index is 0.411. The Balaban J connectivity index is 2.25. The highest BCUT2D eigenvalue weighted by molar-refractivity contribution is 9.10. The molecule has 0 amide bonds. The zero-order valence-corrected chi connectivity index (χ0v) is 12.2. The van der Waals surface area contributed by atoms with Crippen LogP contribution in [0.3, 0.4) is 0 Å². The van der Waals surface area contributed by atoms with Crippen molar-refractivity contribution in [3.63, 3.8) is 0 Å². The van der Waals surface area contributed by atoms with E-state index >= 15 is 0 Å². The summed E-state index contributed by atoms with van der Waals surface area (Å²) in [6.45, 7) is 4.01. The van der Waals surface area contributed by atoms with Crippen LogP contribution in [-0.2, 0) is 0 Å². The minimum Gasteiger partial charge on any atom is -0.367 e. The average Bonchev–Trinajstić information content (AvgIpc) is 2.38. The summed E-state index contributed by atoms with van der Waals surface area (Å²) in [5, 5.41) is 8.94. The van der Waals surface area contributed by atoms with Gasteiger partial charge in [0.25, 0.3) is 0 Å². The third-order valence-corrected chi connectivity index (χ3v) is 4.31. The summed E-state index contributed by atoms with van der Waals surface area (Å²) < 4.78 is 0.858. The van der Waals surface area contributed by atoms with E-state index in [1.54, 1.807) is 0 Å². The number of nitrogens with two attached hydrogens (primary N) is 1. The Morgan fingerprint density at radius 2 is 2.33 bits per heavy atom. The predicted octanol–water partition coefficient (Wildman–Crippen LogP) is 2.88. The molecule has 4 heteroatoms. The lowest BCUT2D eigenvalue weighted by Gasteiger charge is -2.39. The Bertz CT molecular complexity index is 467. The number of halogens is 1. The number of benzene rings is 1. The van der Waals surface area contributed by atoms with Gasteiger partial charge in [-0.1, -0.05) is 6.92 Å². The first kappa shape index (κ1) is 13.4. The molecule has 18 heavy (non-hydrogen) atoms. The quantitative estimate of drug-likeness (QED) is 0.914. The van der Waals surface area contributed by atoms with E-state index in [9.17, 15) is 0 Å². The van der Waals surface area contributed by atoms with Crippen molar-refractivity contribution >= 4 is 21.6 Å². The van der Waals surface area contributed by atoms with Gasteiger partial charge in [0.05, 0.1) is 5.56 Å². The van der Waals surface area contributed by atoms with Crippen LogP contribution < -0.4 is 10.6 Å². The van der Waals surface area contributed by atoms with E-state index in [0.29, 0.717) is 18.2 Å². The van der Waals surface area contributed by atoms with E-state index in [0.717, 1.165) is 29.0 Å². The second kappa shape index (κ2) is 5.73. The van der Waals surface area contributed by atoms with Gasteiger partial charge in [-0.3, -0.25) is 0 Å². The third kappa shape index (κ3) is 2.68. The van der Waals surface area contributed by atoms with Gasteiger partial charge in [-0.25, -0.2) is 0 Å². The number of anilines is 1. The van der Waals surface area contributed by atoms with Gasteiger partial charge in [0.2, 0.25) is 0 Å². The molecule has 2 rings (SSSR count). The third-order valence-electron chi connectivity index (χ3n) is 3.65. The van der Waals surface area contributed by atoms with E-state index in [-0.39, 0.29) is 0 Å². The molecule has 1 aliphatic heterocycles. The number of rotatable bonds is 2. The summed E-state index contributed by atoms with van der Waals surface area (Å²) in [6, 6.07) is 8.49. The molecule has 1 saturated heterocycles. The number of nitriles is 1. The lowest BCUT2D eigenvalue weighted by Crippen LogP contribution is -2.46. The van der Waals surface area contributed by atoms with Crippen molar-refractivity contribution in [3.8, 4) is 6.07 Å². The highest BCUT2D eigenvalue weighted by Gasteiger charge is 2.25. The van der Waals surface area contributed by atoms with Gasteiger partial charge in [-0.05, 0) is 52.9 Å². The van der Waals surface area contributed by atoms with Crippen LogP contribution in [0, 0.1) is 17.2 Å². The summed E-state index contributed by atoms with van der Waals surface area (Å²) in [6.07, 6.45) is 2.35. The molecule has 2 atom stereocenters. The van der Waals surface area contributed by atoms with E-state index in [2.05, 4.69) is 33.8 Å². The summed E-state index contributed by atoms with van der Waals surface area (Å²) >= 11 is 3.45. The molecule has 1 aliphatic rings. The van der Waals surface area contributed by atoms with Crippen molar-refractivity contribution in [3.05, 3.63) is 28.2 Å². The second-order valence-electron chi connectivity index (χ2n) is 4.99. The molecule has 0 spiro atoms. The maximum Gasteiger partial charge on any atom is 0.100 e. The summed E-state index contributed by atoms with van der Waals surface area (Å²) in [5.74, 6) is 0.747. The normalized spacial score (nSPS) is 23.8. The van der Waals surface area contributed by atoms with E-state index in [4.69, 9.17) is 11.0 Å². The molecule has 1 aromatic rings. The topological polar surface area (TPSA) is 53.0 Å². The highest BCUT2D eigenvalue weighted by atomic mass is 79.9. The van der Waals surface area contributed by atoms with Gasteiger partial charge in [-0.15, -0.1) is 0 Å². The number of piperidine rings is 1. The van der Waals surface area contributed by atoms with Crippen LogP contribution in [0.1, 0.15) is 25.3 Å². The lowest BCUT2D eigenvalue weighted by atomic mass is 9.92. The molecule has 0 radical (unpaired) electrons. The molecule has 0 bridgehead atoms. The molecule has 3 nitrogen and oxygen atoms in total. The molecule has 1 heterocycles. The van der Waals surface area contributed by atoms with Gasteiger partial charge >= 0.3 is 0 Å². The summed E-state index contributed by atoms with van der Waals surface area (Å²) in [4.78, 5) is 2.37. The average molecular weight is 308 g/mol. The standard InChI is InChI=1S/C14H18BrN3/c1-10-4-5-18(13(6-10)9-17)12-3-2-11(8-16)14(15)7-12/h2-3,7,10,13H,4-6,9,17H2,1H3. The zero-order chi connectivity index (χ0) is 13.1. The zero-order valence-electron chi connectivity index (χ0n) is 10.6. The Morgan fingerprint density at radius 1 is 1.56 bits per heavy atom. The number of hydrogen-bond donors (Lipinski definition) is 1. The fraction of sp³-hybridized carbons (Fsp3) is 0.500. The molecule has 2 N–H and O–H groups in total. The molecule has 0 saturated carbocycles. The van der Waals surface area contributed by atoms with Crippen molar-refractivity contribution < 1.29 is 0 Å². The van der Waals surface area contributed by atoms with Crippen LogP contribution in [0.2, 0.25) is 0 Å². The Labute approximate surface area is 117 Å². The molecule has 96 valence electrons. The lowest BCUT2D eigenvalue weighted by molar-refractivity contribution is 0.367. The first-order chi connectivity index (χ1) is 8.65. The Kier molecular flexibility index (Phi) is 4.26. The van der Waals surface area contributed by atoms with Gasteiger partial charge in [0.15, 0.2) is 0 Å². The molecule has 0 aromatic heterocycles. The maximum atomic E-state index is 8.94. The molecule has 1 fully saturated rings. The van der Waals surface area contributed by atoms with Gasteiger partial charge < -0.3 is 10.6 Å². The van der Waals surface area contributed by atoms with Gasteiger partial charge in [-0.2, -0.15) is 5.26 Å². The van der Waals surface area contributed by atoms with Crippen LogP contribution >= 0.6 is 15.9 Å². The second-order valence-corrected chi connectivity index (χ2v) is 5.84. The van der Waals surface area contributed by atoms with Crippen molar-refractivity contribution in [2.24, 2.45) is 11.7 Å². The van der Waals surface area contributed by atoms with Crippen LogP contribution in [0.25, 0.3) is 0 Å². The largest absolute Gasteiger partial charge is 0.367 e. The van der Waals surface area contributed by atoms with Crippen LogP contribution in [0.4, 0.5) is 5.69 Å².